The second-order valence-electron chi connectivity index (χ2n) is 5.33. The Bertz CT molecular complexity index is 647. The molecule has 0 aliphatic carbocycles. The monoisotopic (exact) mass is 321 g/mol. The molecule has 0 bridgehead atoms. The lowest BCUT2D eigenvalue weighted by molar-refractivity contribution is 0.0652. The number of thiophene rings is 1. The van der Waals surface area contributed by atoms with Crippen molar-refractivity contribution in [1.82, 2.24) is 9.88 Å². The van der Waals surface area contributed by atoms with Crippen LogP contribution in [0.4, 0.5) is 0 Å². The fraction of sp³-hybridized carbons (Fsp3) is 0.467. The maximum atomic E-state index is 12.8. The van der Waals surface area contributed by atoms with Crippen LogP contribution in [0.2, 0.25) is 0 Å². The zero-order chi connectivity index (χ0) is 15.0. The third-order valence-corrected chi connectivity index (χ3v) is 5.92. The van der Waals surface area contributed by atoms with Gasteiger partial charge in [-0.15, -0.1) is 22.7 Å². The average Bonchev–Trinajstić information content (AvgIpc) is 3.13. The van der Waals surface area contributed by atoms with E-state index in [1.54, 1.807) is 11.3 Å². The van der Waals surface area contributed by atoms with E-state index in [4.69, 9.17) is 5.73 Å². The van der Waals surface area contributed by atoms with Crippen LogP contribution in [0.1, 0.15) is 58.3 Å². The van der Waals surface area contributed by atoms with Crippen molar-refractivity contribution in [2.75, 3.05) is 6.54 Å². The molecule has 0 saturated heterocycles. The van der Waals surface area contributed by atoms with E-state index in [9.17, 15) is 4.79 Å². The quantitative estimate of drug-likeness (QED) is 0.943. The van der Waals surface area contributed by atoms with Crippen LogP contribution in [0.3, 0.4) is 0 Å². The van der Waals surface area contributed by atoms with Crippen LogP contribution in [0.5, 0.6) is 0 Å². The Labute approximate surface area is 132 Å². The van der Waals surface area contributed by atoms with Gasteiger partial charge in [0.1, 0.15) is 10.7 Å². The van der Waals surface area contributed by atoms with Gasteiger partial charge in [-0.3, -0.25) is 4.79 Å². The van der Waals surface area contributed by atoms with Gasteiger partial charge >= 0.3 is 0 Å². The zero-order valence-electron chi connectivity index (χ0n) is 12.2. The van der Waals surface area contributed by atoms with Gasteiger partial charge in [0.15, 0.2) is 0 Å². The summed E-state index contributed by atoms with van der Waals surface area (Å²) < 4.78 is 0. The summed E-state index contributed by atoms with van der Waals surface area (Å²) >= 11 is 3.26. The Hall–Kier alpha value is -1.24. The van der Waals surface area contributed by atoms with Crippen LogP contribution in [0, 0.1) is 0 Å². The topological polar surface area (TPSA) is 59.2 Å². The summed E-state index contributed by atoms with van der Waals surface area (Å²) in [6, 6.07) is 2.21. The molecule has 2 N–H and O–H groups in total. The van der Waals surface area contributed by atoms with E-state index in [0.717, 1.165) is 24.4 Å². The molecule has 2 aromatic rings. The first-order chi connectivity index (χ1) is 10.1. The van der Waals surface area contributed by atoms with Crippen molar-refractivity contribution in [3.63, 3.8) is 0 Å². The number of nitrogens with two attached hydrogens (primary N) is 1. The van der Waals surface area contributed by atoms with E-state index in [-0.39, 0.29) is 18.0 Å². The van der Waals surface area contributed by atoms with Crippen LogP contribution >= 0.6 is 22.7 Å². The van der Waals surface area contributed by atoms with Gasteiger partial charge in [0.25, 0.3) is 5.91 Å². The van der Waals surface area contributed by atoms with E-state index >= 15 is 0 Å². The number of fused-ring (bicyclic) bond motifs is 1. The number of carbonyl (C=O) groups excluding carboxylic acids is 1. The van der Waals surface area contributed by atoms with Crippen molar-refractivity contribution in [2.45, 2.75) is 38.8 Å². The molecule has 1 aliphatic rings. The highest BCUT2D eigenvalue weighted by molar-refractivity contribution is 7.10. The first-order valence-electron chi connectivity index (χ1n) is 7.20. The van der Waals surface area contributed by atoms with Gasteiger partial charge < -0.3 is 10.6 Å². The van der Waals surface area contributed by atoms with Crippen molar-refractivity contribution >= 4 is 28.6 Å². The standard InChI is InChI=1S/C15H19N3OS2/c1-3-12-10-5-7-20-13(10)4-6-18(12)15(19)11-8-21-14(17-11)9(2)16/h5,7-9,12H,3-4,6,16H2,1-2H3. The van der Waals surface area contributed by atoms with E-state index in [0.29, 0.717) is 5.69 Å². The summed E-state index contributed by atoms with van der Waals surface area (Å²) in [7, 11) is 0. The summed E-state index contributed by atoms with van der Waals surface area (Å²) in [5, 5.41) is 4.77. The van der Waals surface area contributed by atoms with Crippen LogP contribution in [0.25, 0.3) is 0 Å². The summed E-state index contributed by atoms with van der Waals surface area (Å²) in [5.41, 5.74) is 7.67. The molecule has 6 heteroatoms. The van der Waals surface area contributed by atoms with Crippen LogP contribution in [-0.2, 0) is 6.42 Å². The maximum Gasteiger partial charge on any atom is 0.273 e. The molecule has 0 fully saturated rings. The van der Waals surface area contributed by atoms with Gasteiger partial charge in [0.05, 0.1) is 12.1 Å². The molecule has 0 saturated carbocycles. The molecule has 21 heavy (non-hydrogen) atoms. The Morgan fingerprint density at radius 1 is 1.57 bits per heavy atom. The Kier molecular flexibility index (Phi) is 4.10. The summed E-state index contributed by atoms with van der Waals surface area (Å²) in [6.07, 6.45) is 1.87. The van der Waals surface area contributed by atoms with Crippen molar-refractivity contribution < 1.29 is 4.79 Å². The van der Waals surface area contributed by atoms with Crippen molar-refractivity contribution in [1.29, 1.82) is 0 Å². The Balaban J connectivity index is 1.87. The third-order valence-electron chi connectivity index (χ3n) is 3.87. The highest BCUT2D eigenvalue weighted by Crippen LogP contribution is 2.36. The molecule has 0 radical (unpaired) electrons. The molecule has 3 heterocycles. The van der Waals surface area contributed by atoms with E-state index in [1.807, 2.05) is 17.2 Å². The molecule has 0 aromatic carbocycles. The predicted octanol–water partition coefficient (Wildman–Crippen LogP) is 3.37. The second-order valence-corrected chi connectivity index (χ2v) is 7.22. The lowest BCUT2D eigenvalue weighted by Gasteiger charge is -2.35. The van der Waals surface area contributed by atoms with Gasteiger partial charge in [0.2, 0.25) is 0 Å². The van der Waals surface area contributed by atoms with Crippen LogP contribution in [0.15, 0.2) is 16.8 Å². The number of aromatic nitrogens is 1. The molecule has 0 spiro atoms. The highest BCUT2D eigenvalue weighted by Gasteiger charge is 2.31. The summed E-state index contributed by atoms with van der Waals surface area (Å²) in [4.78, 5) is 20.6. The van der Waals surface area contributed by atoms with Crippen molar-refractivity contribution in [3.05, 3.63) is 38.0 Å². The largest absolute Gasteiger partial charge is 0.330 e. The minimum Gasteiger partial charge on any atom is -0.330 e. The average molecular weight is 321 g/mol. The van der Waals surface area contributed by atoms with Crippen molar-refractivity contribution in [3.8, 4) is 0 Å². The van der Waals surface area contributed by atoms with Crippen LogP contribution in [-0.4, -0.2) is 22.3 Å². The Morgan fingerprint density at radius 2 is 2.38 bits per heavy atom. The number of nitrogens with zero attached hydrogens (tertiary/aromatic N) is 2. The van der Waals surface area contributed by atoms with Gasteiger partial charge in [0, 0.05) is 16.8 Å². The van der Waals surface area contributed by atoms with E-state index < -0.39 is 0 Å². The second kappa shape index (κ2) is 5.87. The molecule has 2 atom stereocenters. The fourth-order valence-electron chi connectivity index (χ4n) is 2.82. The number of hydrogen-bond acceptors (Lipinski definition) is 5. The van der Waals surface area contributed by atoms with Gasteiger partial charge in [-0.1, -0.05) is 6.92 Å². The number of thiazole rings is 1. The molecule has 2 aromatic heterocycles. The maximum absolute atomic E-state index is 12.8. The lowest BCUT2D eigenvalue weighted by atomic mass is 9.97. The zero-order valence-corrected chi connectivity index (χ0v) is 13.8. The predicted molar refractivity (Wildman–Crippen MR) is 86.8 cm³/mol. The minimum absolute atomic E-state index is 0.0295. The first kappa shape index (κ1) is 14.7. The molecule has 1 aliphatic heterocycles. The first-order valence-corrected chi connectivity index (χ1v) is 8.96. The third kappa shape index (κ3) is 2.63. The SMILES string of the molecule is CCC1c2ccsc2CCN1C(=O)c1csc(C(C)N)n1. The van der Waals surface area contributed by atoms with Crippen LogP contribution < -0.4 is 5.73 Å². The molecule has 1 amide bonds. The van der Waals surface area contributed by atoms with E-state index in [1.165, 1.54) is 21.8 Å². The highest BCUT2D eigenvalue weighted by atomic mass is 32.1. The van der Waals surface area contributed by atoms with E-state index in [2.05, 4.69) is 23.4 Å². The van der Waals surface area contributed by atoms with Crippen molar-refractivity contribution in [2.24, 2.45) is 5.73 Å². The molecular formula is C15H19N3OS2. The van der Waals surface area contributed by atoms with Gasteiger partial charge in [-0.05, 0) is 36.8 Å². The smallest absolute Gasteiger partial charge is 0.273 e. The molecule has 112 valence electrons. The van der Waals surface area contributed by atoms with Gasteiger partial charge in [-0.2, -0.15) is 0 Å². The Morgan fingerprint density at radius 3 is 3.05 bits per heavy atom. The fourth-order valence-corrected chi connectivity index (χ4v) is 4.50. The number of rotatable bonds is 3. The summed E-state index contributed by atoms with van der Waals surface area (Å²) in [6.45, 7) is 4.79. The normalized spacial score (nSPS) is 19.4. The molecule has 3 rings (SSSR count). The molecular weight excluding hydrogens is 302 g/mol. The van der Waals surface area contributed by atoms with Gasteiger partial charge in [-0.25, -0.2) is 4.98 Å². The number of hydrogen-bond donors (Lipinski definition) is 1. The minimum atomic E-state index is -0.122. The number of amides is 1. The molecule has 4 nitrogen and oxygen atoms in total. The molecule has 2 unspecified atom stereocenters. The number of carbonyl (C=O) groups is 1. The lowest BCUT2D eigenvalue weighted by Crippen LogP contribution is -2.39. The summed E-state index contributed by atoms with van der Waals surface area (Å²) in [5.74, 6) is 0.0295.